The van der Waals surface area contributed by atoms with Crippen LogP contribution in [0.5, 0.6) is 0 Å². The summed E-state index contributed by atoms with van der Waals surface area (Å²) in [6, 6.07) is 0. The second-order valence-electron chi connectivity index (χ2n) is 3.55. The Morgan fingerprint density at radius 1 is 1.50 bits per heavy atom. The van der Waals surface area contributed by atoms with E-state index in [-0.39, 0.29) is 11.1 Å². The standard InChI is InChI=1S/C9H16O2.H2O/c1-2-10-7-9-6-4-3-5-8(9)11-9;/h8H,2-7H2,1H3;1H2. The van der Waals surface area contributed by atoms with Crippen LogP contribution in [-0.4, -0.2) is 30.4 Å². The minimum atomic E-state index is 0. The average Bonchev–Trinajstić information content (AvgIpc) is 2.75. The molecule has 0 aromatic rings. The SMILES string of the molecule is CCOCC12CCCCC1O2.O. The molecule has 0 aromatic carbocycles. The smallest absolute Gasteiger partial charge is 0.118 e. The van der Waals surface area contributed by atoms with Crippen molar-refractivity contribution in [1.29, 1.82) is 0 Å². The van der Waals surface area contributed by atoms with Crippen molar-refractivity contribution >= 4 is 0 Å². The van der Waals surface area contributed by atoms with Gasteiger partial charge in [-0.1, -0.05) is 12.8 Å². The Balaban J connectivity index is 0.000000720. The van der Waals surface area contributed by atoms with Gasteiger partial charge >= 0.3 is 0 Å². The van der Waals surface area contributed by atoms with Gasteiger partial charge in [0, 0.05) is 6.61 Å². The van der Waals surface area contributed by atoms with Crippen LogP contribution in [0.3, 0.4) is 0 Å². The third-order valence-corrected chi connectivity index (χ3v) is 2.77. The van der Waals surface area contributed by atoms with Gasteiger partial charge in [-0.05, 0) is 19.8 Å². The van der Waals surface area contributed by atoms with Gasteiger partial charge in [-0.2, -0.15) is 0 Å². The molecule has 0 spiro atoms. The van der Waals surface area contributed by atoms with Crippen LogP contribution in [-0.2, 0) is 9.47 Å². The van der Waals surface area contributed by atoms with Crippen LogP contribution in [0.2, 0.25) is 0 Å². The number of hydrogen-bond acceptors (Lipinski definition) is 2. The topological polar surface area (TPSA) is 53.3 Å². The molecule has 2 rings (SSSR count). The third-order valence-electron chi connectivity index (χ3n) is 2.77. The molecule has 2 unspecified atom stereocenters. The van der Waals surface area contributed by atoms with Crippen LogP contribution in [0.1, 0.15) is 32.6 Å². The maximum atomic E-state index is 5.64. The molecule has 0 bridgehead atoms. The Kier molecular flexibility index (Phi) is 3.09. The molecule has 2 N–H and O–H groups in total. The van der Waals surface area contributed by atoms with Gasteiger partial charge in [0.15, 0.2) is 0 Å². The first-order valence-corrected chi connectivity index (χ1v) is 4.63. The summed E-state index contributed by atoms with van der Waals surface area (Å²) in [5.41, 5.74) is 0.175. The van der Waals surface area contributed by atoms with Crippen molar-refractivity contribution < 1.29 is 14.9 Å². The zero-order valence-corrected chi connectivity index (χ0v) is 7.64. The molecule has 12 heavy (non-hydrogen) atoms. The molecule has 0 amide bonds. The predicted molar refractivity (Wildman–Crippen MR) is 46.2 cm³/mol. The van der Waals surface area contributed by atoms with E-state index in [1.807, 2.05) is 6.92 Å². The van der Waals surface area contributed by atoms with Crippen LogP contribution in [0.25, 0.3) is 0 Å². The first-order valence-electron chi connectivity index (χ1n) is 4.63. The Morgan fingerprint density at radius 3 is 3.00 bits per heavy atom. The van der Waals surface area contributed by atoms with Crippen molar-refractivity contribution in [3.05, 3.63) is 0 Å². The summed E-state index contributed by atoms with van der Waals surface area (Å²) in [6.07, 6.45) is 5.69. The van der Waals surface area contributed by atoms with Crippen molar-refractivity contribution in [1.82, 2.24) is 0 Å². The van der Waals surface area contributed by atoms with Crippen molar-refractivity contribution in [3.63, 3.8) is 0 Å². The van der Waals surface area contributed by atoms with E-state index in [2.05, 4.69) is 0 Å². The van der Waals surface area contributed by atoms with Gasteiger partial charge in [0.2, 0.25) is 0 Å². The van der Waals surface area contributed by atoms with E-state index < -0.39 is 0 Å². The van der Waals surface area contributed by atoms with Crippen molar-refractivity contribution in [2.24, 2.45) is 0 Å². The van der Waals surface area contributed by atoms with Gasteiger partial charge in [0.05, 0.1) is 12.7 Å². The summed E-state index contributed by atoms with van der Waals surface area (Å²) in [5, 5.41) is 0. The molecule has 1 aliphatic heterocycles. The quantitative estimate of drug-likeness (QED) is 0.597. The maximum absolute atomic E-state index is 5.64. The van der Waals surface area contributed by atoms with E-state index >= 15 is 0 Å². The van der Waals surface area contributed by atoms with Crippen molar-refractivity contribution in [2.45, 2.75) is 44.3 Å². The van der Waals surface area contributed by atoms with Crippen molar-refractivity contribution in [3.8, 4) is 0 Å². The highest BCUT2D eigenvalue weighted by Crippen LogP contribution is 2.47. The number of ether oxygens (including phenoxy) is 2. The van der Waals surface area contributed by atoms with Gasteiger partial charge in [-0.3, -0.25) is 0 Å². The van der Waals surface area contributed by atoms with Gasteiger partial charge in [0.1, 0.15) is 5.60 Å². The number of epoxide rings is 1. The van der Waals surface area contributed by atoms with Gasteiger partial charge < -0.3 is 14.9 Å². The molecule has 3 nitrogen and oxygen atoms in total. The minimum Gasteiger partial charge on any atom is -0.412 e. The van der Waals surface area contributed by atoms with Crippen LogP contribution in [0.15, 0.2) is 0 Å². The lowest BCUT2D eigenvalue weighted by molar-refractivity contribution is 0.0820. The predicted octanol–water partition coefficient (Wildman–Crippen LogP) is 0.910. The normalized spacial score (nSPS) is 38.2. The summed E-state index contributed by atoms with van der Waals surface area (Å²) in [7, 11) is 0. The lowest BCUT2D eigenvalue weighted by Crippen LogP contribution is -2.25. The lowest BCUT2D eigenvalue weighted by atomic mass is 9.90. The fourth-order valence-electron chi connectivity index (χ4n) is 2.02. The summed E-state index contributed by atoms with van der Waals surface area (Å²) in [4.78, 5) is 0. The number of rotatable bonds is 3. The van der Waals surface area contributed by atoms with E-state index in [4.69, 9.17) is 9.47 Å². The minimum absolute atomic E-state index is 0. The highest BCUT2D eigenvalue weighted by atomic mass is 16.6. The zero-order chi connectivity index (χ0) is 7.73. The molecule has 2 fully saturated rings. The number of fused-ring (bicyclic) bond motifs is 1. The average molecular weight is 174 g/mol. The number of hydrogen-bond donors (Lipinski definition) is 0. The second-order valence-corrected chi connectivity index (χ2v) is 3.55. The molecular weight excluding hydrogens is 156 g/mol. The van der Waals surface area contributed by atoms with Crippen LogP contribution < -0.4 is 0 Å². The van der Waals surface area contributed by atoms with Gasteiger partial charge in [-0.25, -0.2) is 0 Å². The first-order chi connectivity index (χ1) is 5.37. The molecule has 3 heteroatoms. The molecule has 0 radical (unpaired) electrons. The molecule has 1 heterocycles. The lowest BCUT2D eigenvalue weighted by Gasteiger charge is -2.16. The van der Waals surface area contributed by atoms with Crippen LogP contribution in [0.4, 0.5) is 0 Å². The fraction of sp³-hybridized carbons (Fsp3) is 1.00. The van der Waals surface area contributed by atoms with Crippen molar-refractivity contribution in [2.75, 3.05) is 13.2 Å². The molecule has 2 aliphatic rings. The highest BCUT2D eigenvalue weighted by molar-refractivity contribution is 5.04. The van der Waals surface area contributed by atoms with Gasteiger partial charge in [0.25, 0.3) is 0 Å². The summed E-state index contributed by atoms with van der Waals surface area (Å²) >= 11 is 0. The van der Waals surface area contributed by atoms with E-state index in [1.54, 1.807) is 0 Å². The summed E-state index contributed by atoms with van der Waals surface area (Å²) in [5.74, 6) is 0. The third kappa shape index (κ3) is 1.63. The Labute approximate surface area is 73.4 Å². The maximum Gasteiger partial charge on any atom is 0.118 e. The molecule has 1 aliphatic carbocycles. The molecule has 0 aromatic heterocycles. The molecule has 2 atom stereocenters. The highest BCUT2D eigenvalue weighted by Gasteiger charge is 2.57. The first kappa shape index (κ1) is 9.96. The fourth-order valence-corrected chi connectivity index (χ4v) is 2.02. The van der Waals surface area contributed by atoms with E-state index in [0.717, 1.165) is 13.2 Å². The van der Waals surface area contributed by atoms with E-state index in [1.165, 1.54) is 25.7 Å². The van der Waals surface area contributed by atoms with E-state index in [9.17, 15) is 0 Å². The Bertz CT molecular complexity index is 149. The van der Waals surface area contributed by atoms with E-state index in [0.29, 0.717) is 6.10 Å². The zero-order valence-electron chi connectivity index (χ0n) is 7.64. The van der Waals surface area contributed by atoms with Gasteiger partial charge in [-0.15, -0.1) is 0 Å². The molecule has 72 valence electrons. The second kappa shape index (κ2) is 3.73. The summed E-state index contributed by atoms with van der Waals surface area (Å²) < 4.78 is 11.0. The monoisotopic (exact) mass is 174 g/mol. The Hall–Kier alpha value is -0.120. The molecule has 1 saturated heterocycles. The Morgan fingerprint density at radius 2 is 2.33 bits per heavy atom. The largest absolute Gasteiger partial charge is 0.412 e. The summed E-state index contributed by atoms with van der Waals surface area (Å²) in [6.45, 7) is 3.68. The molecular formula is C9H18O3. The molecule has 1 saturated carbocycles. The van der Waals surface area contributed by atoms with Crippen LogP contribution in [0, 0.1) is 0 Å². The van der Waals surface area contributed by atoms with Crippen LogP contribution >= 0.6 is 0 Å².